The Balaban J connectivity index is 0.00000180. The largest absolute Gasteiger partial charge is 0.354 e. The first-order valence-electron chi connectivity index (χ1n) is 7.31. The molecule has 5 heteroatoms. The van der Waals surface area contributed by atoms with E-state index >= 15 is 0 Å². The van der Waals surface area contributed by atoms with Crippen LogP contribution < -0.4 is 10.6 Å². The van der Waals surface area contributed by atoms with Crippen molar-refractivity contribution in [3.05, 3.63) is 0 Å². The van der Waals surface area contributed by atoms with E-state index in [0.29, 0.717) is 12.1 Å². The van der Waals surface area contributed by atoms with E-state index < -0.39 is 0 Å². The van der Waals surface area contributed by atoms with Crippen LogP contribution in [-0.2, 0) is 4.79 Å². The summed E-state index contributed by atoms with van der Waals surface area (Å²) < 4.78 is 0. The van der Waals surface area contributed by atoms with Crippen molar-refractivity contribution < 1.29 is 4.79 Å². The van der Waals surface area contributed by atoms with E-state index in [-0.39, 0.29) is 24.2 Å². The predicted octanol–water partition coefficient (Wildman–Crippen LogP) is 1.40. The molecule has 1 heterocycles. The monoisotopic (exact) mass is 289 g/mol. The van der Waals surface area contributed by atoms with Gasteiger partial charge in [0.15, 0.2) is 0 Å². The maximum Gasteiger partial charge on any atom is 0.223 e. The first-order chi connectivity index (χ1) is 8.58. The highest BCUT2D eigenvalue weighted by Crippen LogP contribution is 2.26. The summed E-state index contributed by atoms with van der Waals surface area (Å²) in [5.41, 5.74) is 0. The Morgan fingerprint density at radius 3 is 2.68 bits per heavy atom. The summed E-state index contributed by atoms with van der Waals surface area (Å²) in [5.74, 6) is 0.457. The molecule has 3 atom stereocenters. The number of carbonyl (C=O) groups is 1. The zero-order valence-electron chi connectivity index (χ0n) is 12.3. The van der Waals surface area contributed by atoms with Crippen molar-refractivity contribution in [2.45, 2.75) is 57.7 Å². The number of hydrogen-bond donors (Lipinski definition) is 2. The Morgan fingerprint density at radius 1 is 1.42 bits per heavy atom. The van der Waals surface area contributed by atoms with Crippen molar-refractivity contribution >= 4 is 18.3 Å². The van der Waals surface area contributed by atoms with Crippen LogP contribution >= 0.6 is 12.4 Å². The van der Waals surface area contributed by atoms with Gasteiger partial charge in [-0.05, 0) is 53.1 Å². The van der Waals surface area contributed by atoms with Gasteiger partial charge in [0.05, 0.1) is 0 Å². The number of likely N-dealkylation sites (N-methyl/N-ethyl adjacent to an activating group) is 1. The molecule has 0 aromatic rings. The van der Waals surface area contributed by atoms with E-state index in [1.165, 1.54) is 12.8 Å². The van der Waals surface area contributed by atoms with Crippen LogP contribution in [0, 0.1) is 5.92 Å². The topological polar surface area (TPSA) is 44.4 Å². The molecule has 1 saturated carbocycles. The molecule has 0 radical (unpaired) electrons. The number of halogens is 1. The molecule has 19 heavy (non-hydrogen) atoms. The summed E-state index contributed by atoms with van der Waals surface area (Å²) in [6.07, 6.45) is 4.59. The zero-order valence-corrected chi connectivity index (χ0v) is 13.1. The second kappa shape index (κ2) is 7.46. The third kappa shape index (κ3) is 4.93. The van der Waals surface area contributed by atoms with Crippen molar-refractivity contribution in [3.8, 4) is 0 Å². The molecular weight excluding hydrogens is 262 g/mol. The molecule has 1 aliphatic heterocycles. The first kappa shape index (κ1) is 16.7. The highest BCUT2D eigenvalue weighted by molar-refractivity contribution is 5.85. The average molecular weight is 290 g/mol. The van der Waals surface area contributed by atoms with E-state index in [2.05, 4.69) is 36.4 Å². The molecule has 0 aromatic carbocycles. The lowest BCUT2D eigenvalue weighted by Gasteiger charge is -2.29. The lowest BCUT2D eigenvalue weighted by molar-refractivity contribution is -0.126. The lowest BCUT2D eigenvalue weighted by Crippen LogP contribution is -2.46. The van der Waals surface area contributed by atoms with Gasteiger partial charge in [0.1, 0.15) is 0 Å². The number of nitrogens with one attached hydrogen (secondary N) is 2. The quantitative estimate of drug-likeness (QED) is 0.804. The third-order valence-electron chi connectivity index (χ3n) is 4.38. The van der Waals surface area contributed by atoms with Gasteiger partial charge >= 0.3 is 0 Å². The SMILES string of the molecule is CC(CNC(=O)[C@H]1CCN[C@@H](C)C1)N(C)C1CC1.Cl. The molecule has 1 unspecified atom stereocenters. The Labute approximate surface area is 123 Å². The maximum absolute atomic E-state index is 12.1. The van der Waals surface area contributed by atoms with Crippen molar-refractivity contribution in [2.75, 3.05) is 20.1 Å². The van der Waals surface area contributed by atoms with Crippen LogP contribution in [0.5, 0.6) is 0 Å². The number of hydrogen-bond acceptors (Lipinski definition) is 3. The van der Waals surface area contributed by atoms with Crippen LogP contribution in [0.4, 0.5) is 0 Å². The number of nitrogens with zero attached hydrogens (tertiary/aromatic N) is 1. The Morgan fingerprint density at radius 2 is 2.11 bits per heavy atom. The first-order valence-corrected chi connectivity index (χ1v) is 7.31. The Hall–Kier alpha value is -0.320. The van der Waals surface area contributed by atoms with Crippen molar-refractivity contribution in [1.29, 1.82) is 0 Å². The third-order valence-corrected chi connectivity index (χ3v) is 4.38. The van der Waals surface area contributed by atoms with Crippen molar-refractivity contribution in [1.82, 2.24) is 15.5 Å². The molecule has 0 spiro atoms. The minimum absolute atomic E-state index is 0. The van der Waals surface area contributed by atoms with Crippen molar-refractivity contribution in [3.63, 3.8) is 0 Å². The van der Waals surface area contributed by atoms with E-state index in [0.717, 1.165) is 32.0 Å². The second-order valence-electron chi connectivity index (χ2n) is 6.07. The molecule has 4 nitrogen and oxygen atoms in total. The van der Waals surface area contributed by atoms with Gasteiger partial charge in [-0.1, -0.05) is 0 Å². The van der Waals surface area contributed by atoms with E-state index in [1.54, 1.807) is 0 Å². The minimum Gasteiger partial charge on any atom is -0.354 e. The van der Waals surface area contributed by atoms with Crippen LogP contribution in [0.25, 0.3) is 0 Å². The summed E-state index contributed by atoms with van der Waals surface area (Å²) in [5, 5.41) is 6.51. The van der Waals surface area contributed by atoms with Gasteiger partial charge in [-0.15, -0.1) is 12.4 Å². The van der Waals surface area contributed by atoms with Gasteiger partial charge < -0.3 is 10.6 Å². The molecule has 2 fully saturated rings. The fourth-order valence-corrected chi connectivity index (χ4v) is 2.75. The highest BCUT2D eigenvalue weighted by atomic mass is 35.5. The summed E-state index contributed by atoms with van der Waals surface area (Å²) >= 11 is 0. The van der Waals surface area contributed by atoms with Gasteiger partial charge in [-0.25, -0.2) is 0 Å². The maximum atomic E-state index is 12.1. The van der Waals surface area contributed by atoms with Crippen molar-refractivity contribution in [2.24, 2.45) is 5.92 Å². The number of carbonyl (C=O) groups excluding carboxylic acids is 1. The predicted molar refractivity (Wildman–Crippen MR) is 80.7 cm³/mol. The van der Waals surface area contributed by atoms with Crippen LogP contribution in [0.1, 0.15) is 39.5 Å². The molecule has 1 amide bonds. The molecule has 1 saturated heterocycles. The Kier molecular flexibility index (Phi) is 6.57. The fraction of sp³-hybridized carbons (Fsp3) is 0.929. The highest BCUT2D eigenvalue weighted by Gasteiger charge is 2.30. The lowest BCUT2D eigenvalue weighted by atomic mass is 9.92. The molecular formula is C14H28ClN3O. The molecule has 0 bridgehead atoms. The summed E-state index contributed by atoms with van der Waals surface area (Å²) in [4.78, 5) is 14.5. The van der Waals surface area contributed by atoms with Gasteiger partial charge in [-0.2, -0.15) is 0 Å². The summed E-state index contributed by atoms with van der Waals surface area (Å²) in [6.45, 7) is 6.10. The van der Waals surface area contributed by atoms with E-state index in [4.69, 9.17) is 0 Å². The molecule has 1 aliphatic carbocycles. The molecule has 0 aromatic heterocycles. The Bertz CT molecular complexity index is 296. The standard InChI is InChI=1S/C14H27N3O.ClH/c1-10-8-12(6-7-15-10)14(18)16-9-11(2)17(3)13-4-5-13;/h10-13,15H,4-9H2,1-3H3,(H,16,18);1H/t10-,11?,12-;/m0./s1. The number of rotatable bonds is 5. The van der Waals surface area contributed by atoms with Gasteiger partial charge in [0.2, 0.25) is 5.91 Å². The summed E-state index contributed by atoms with van der Waals surface area (Å²) in [6, 6.07) is 1.68. The van der Waals surface area contributed by atoms with Gasteiger partial charge in [-0.3, -0.25) is 9.69 Å². The van der Waals surface area contributed by atoms with Crippen LogP contribution in [-0.4, -0.2) is 49.1 Å². The van der Waals surface area contributed by atoms with Crippen LogP contribution in [0.15, 0.2) is 0 Å². The average Bonchev–Trinajstić information content (AvgIpc) is 3.18. The van der Waals surface area contributed by atoms with Crippen LogP contribution in [0.3, 0.4) is 0 Å². The molecule has 112 valence electrons. The van der Waals surface area contributed by atoms with Gasteiger partial charge in [0, 0.05) is 30.6 Å². The molecule has 2 aliphatic rings. The number of piperidine rings is 1. The van der Waals surface area contributed by atoms with E-state index in [1.807, 2.05) is 0 Å². The molecule has 2 rings (SSSR count). The number of amides is 1. The fourth-order valence-electron chi connectivity index (χ4n) is 2.75. The van der Waals surface area contributed by atoms with Crippen LogP contribution in [0.2, 0.25) is 0 Å². The summed E-state index contributed by atoms with van der Waals surface area (Å²) in [7, 11) is 2.17. The minimum atomic E-state index is 0. The van der Waals surface area contributed by atoms with Gasteiger partial charge in [0.25, 0.3) is 0 Å². The smallest absolute Gasteiger partial charge is 0.223 e. The normalized spacial score (nSPS) is 28.6. The second-order valence-corrected chi connectivity index (χ2v) is 6.07. The van der Waals surface area contributed by atoms with E-state index in [9.17, 15) is 4.79 Å². The molecule has 2 N–H and O–H groups in total. The zero-order chi connectivity index (χ0) is 13.1.